The van der Waals surface area contributed by atoms with E-state index in [-0.39, 0.29) is 5.95 Å². The van der Waals surface area contributed by atoms with Crippen LogP contribution in [0.2, 0.25) is 0 Å². The summed E-state index contributed by atoms with van der Waals surface area (Å²) in [4.78, 5) is 4.05. The lowest BCUT2D eigenvalue weighted by molar-refractivity contribution is 0.625. The van der Waals surface area contributed by atoms with Gasteiger partial charge in [0.25, 0.3) is 0 Å². The molecule has 6 heteroatoms. The van der Waals surface area contributed by atoms with Crippen molar-refractivity contribution in [2.45, 2.75) is 6.42 Å². The van der Waals surface area contributed by atoms with Crippen LogP contribution in [-0.2, 0) is 0 Å². The monoisotopic (exact) mass is 190 g/mol. The van der Waals surface area contributed by atoms with Crippen molar-refractivity contribution < 1.29 is 0 Å². The fourth-order valence-corrected chi connectivity index (χ4v) is 1.49. The number of nitrogens with two attached hydrogens (primary N) is 1. The van der Waals surface area contributed by atoms with Gasteiger partial charge in [-0.3, -0.25) is 0 Å². The summed E-state index contributed by atoms with van der Waals surface area (Å²) in [6.45, 7) is 1.04. The van der Waals surface area contributed by atoms with Crippen LogP contribution < -0.4 is 16.4 Å². The van der Waals surface area contributed by atoms with Gasteiger partial charge in [0.2, 0.25) is 11.9 Å². The molecule has 3 heterocycles. The summed E-state index contributed by atoms with van der Waals surface area (Å²) in [6, 6.07) is 0. The average molecular weight is 190 g/mol. The van der Waals surface area contributed by atoms with Crippen molar-refractivity contribution in [3.05, 3.63) is 17.5 Å². The van der Waals surface area contributed by atoms with Crippen LogP contribution in [0.25, 0.3) is 6.20 Å². The molecule has 2 aliphatic rings. The molecule has 1 fully saturated rings. The highest BCUT2D eigenvalue weighted by Crippen LogP contribution is 2.21. The number of nitrogens with one attached hydrogen (secondary N) is 2. The van der Waals surface area contributed by atoms with E-state index in [1.54, 1.807) is 4.68 Å². The zero-order valence-electron chi connectivity index (χ0n) is 7.49. The van der Waals surface area contributed by atoms with Crippen LogP contribution in [0.15, 0.2) is 17.5 Å². The van der Waals surface area contributed by atoms with E-state index in [0.29, 0.717) is 5.95 Å². The zero-order valence-corrected chi connectivity index (χ0v) is 7.49. The summed E-state index contributed by atoms with van der Waals surface area (Å²) in [5.74, 6) is 0.950. The number of anilines is 2. The van der Waals surface area contributed by atoms with Gasteiger partial charge in [-0.25, -0.2) is 4.68 Å². The summed E-state index contributed by atoms with van der Waals surface area (Å²) in [7, 11) is 0. The molecule has 0 radical (unpaired) electrons. The van der Waals surface area contributed by atoms with Gasteiger partial charge in [-0.15, -0.1) is 5.10 Å². The largest absolute Gasteiger partial charge is 0.386 e. The molecule has 0 spiro atoms. The fraction of sp³-hybridized carbons (Fsp3) is 0.250. The van der Waals surface area contributed by atoms with Crippen molar-refractivity contribution >= 4 is 18.1 Å². The molecule has 1 aromatic heterocycles. The van der Waals surface area contributed by atoms with Crippen molar-refractivity contribution in [3.63, 3.8) is 0 Å². The van der Waals surface area contributed by atoms with E-state index < -0.39 is 0 Å². The highest BCUT2D eigenvalue weighted by Gasteiger charge is 2.17. The maximum atomic E-state index is 5.48. The van der Waals surface area contributed by atoms with Gasteiger partial charge in [0.15, 0.2) is 0 Å². The van der Waals surface area contributed by atoms with Crippen LogP contribution in [-0.4, -0.2) is 21.3 Å². The van der Waals surface area contributed by atoms with Gasteiger partial charge in [-0.05, 0) is 6.08 Å². The van der Waals surface area contributed by atoms with Gasteiger partial charge >= 0.3 is 0 Å². The Morgan fingerprint density at radius 2 is 2.36 bits per heavy atom. The minimum atomic E-state index is 0.282. The summed E-state index contributed by atoms with van der Waals surface area (Å²) in [6.07, 6.45) is 4.89. The predicted molar refractivity (Wildman–Crippen MR) is 53.0 cm³/mol. The van der Waals surface area contributed by atoms with Crippen LogP contribution >= 0.6 is 0 Å². The van der Waals surface area contributed by atoms with E-state index >= 15 is 0 Å². The van der Waals surface area contributed by atoms with Crippen molar-refractivity contribution in [3.8, 4) is 0 Å². The molecule has 0 unspecified atom stereocenters. The second-order valence-corrected chi connectivity index (χ2v) is 3.25. The van der Waals surface area contributed by atoms with E-state index in [0.717, 1.165) is 18.7 Å². The molecular weight excluding hydrogens is 180 g/mol. The maximum absolute atomic E-state index is 5.48. The van der Waals surface area contributed by atoms with E-state index in [9.17, 15) is 0 Å². The lowest BCUT2D eigenvalue weighted by atomic mass is 10.1. The zero-order chi connectivity index (χ0) is 9.54. The molecule has 0 aliphatic carbocycles. The number of aromatic nitrogens is 3. The lowest BCUT2D eigenvalue weighted by Crippen LogP contribution is -2.31. The van der Waals surface area contributed by atoms with Gasteiger partial charge in [0.05, 0.1) is 5.70 Å². The Balaban J connectivity index is 1.99. The first-order chi connectivity index (χ1) is 6.83. The number of hydrogen-bond acceptors (Lipinski definition) is 5. The first kappa shape index (κ1) is 7.43. The smallest absolute Gasteiger partial charge is 0.241 e. The average Bonchev–Trinajstić information content (AvgIpc) is 2.40. The quantitative estimate of drug-likeness (QED) is 0.535. The lowest BCUT2D eigenvalue weighted by Gasteiger charge is -2.24. The standard InChI is InChI=1S/C8H10N6/c9-7-12-8-11-6(5-1-3-10-5)2-4-14(8)13-7/h2,4,10H,1,3H2,(H3,9,11,12,13). The normalized spacial score (nSPS) is 23.4. The Morgan fingerprint density at radius 1 is 1.50 bits per heavy atom. The molecule has 14 heavy (non-hydrogen) atoms. The maximum Gasteiger partial charge on any atom is 0.241 e. The molecule has 0 bridgehead atoms. The van der Waals surface area contributed by atoms with E-state index in [2.05, 4.69) is 20.7 Å². The van der Waals surface area contributed by atoms with Crippen molar-refractivity contribution in [1.29, 1.82) is 0 Å². The van der Waals surface area contributed by atoms with Crippen LogP contribution in [0.1, 0.15) is 6.42 Å². The number of hydrogen-bond donors (Lipinski definition) is 3. The molecular formula is C8H10N6. The molecule has 0 amide bonds. The number of nitrogens with zero attached hydrogens (tertiary/aromatic N) is 3. The van der Waals surface area contributed by atoms with Gasteiger partial charge in [-0.1, -0.05) is 0 Å². The number of allylic oxidation sites excluding steroid dienone is 1. The fourth-order valence-electron chi connectivity index (χ4n) is 1.49. The van der Waals surface area contributed by atoms with E-state index in [1.807, 2.05) is 12.3 Å². The van der Waals surface area contributed by atoms with Crippen molar-refractivity contribution in [1.82, 2.24) is 20.1 Å². The first-order valence-electron chi connectivity index (χ1n) is 4.47. The van der Waals surface area contributed by atoms with Crippen molar-refractivity contribution in [2.75, 3.05) is 17.6 Å². The van der Waals surface area contributed by atoms with Crippen LogP contribution in [0.5, 0.6) is 0 Å². The van der Waals surface area contributed by atoms with Gasteiger partial charge in [-0.2, -0.15) is 4.98 Å². The summed E-state index contributed by atoms with van der Waals surface area (Å²) < 4.78 is 1.62. The third kappa shape index (κ3) is 0.968. The van der Waals surface area contributed by atoms with Gasteiger partial charge in [0, 0.05) is 24.9 Å². The van der Waals surface area contributed by atoms with E-state index in [4.69, 9.17) is 5.73 Å². The van der Waals surface area contributed by atoms with Gasteiger partial charge < -0.3 is 16.4 Å². The van der Waals surface area contributed by atoms with Crippen molar-refractivity contribution in [2.24, 2.45) is 0 Å². The SMILES string of the molecule is Nc1nc2n(n1)C=CC(=C1CCN1)N2. The third-order valence-electron chi connectivity index (χ3n) is 2.32. The second-order valence-electron chi connectivity index (χ2n) is 3.25. The molecule has 72 valence electrons. The van der Waals surface area contributed by atoms with Gasteiger partial charge in [0.1, 0.15) is 0 Å². The molecule has 2 aliphatic heterocycles. The minimum Gasteiger partial charge on any atom is -0.386 e. The summed E-state index contributed by atoms with van der Waals surface area (Å²) in [5, 5.41) is 10.4. The first-order valence-corrected chi connectivity index (χ1v) is 4.47. The highest BCUT2D eigenvalue weighted by molar-refractivity contribution is 5.56. The molecule has 0 aromatic carbocycles. The number of nitrogen functional groups attached to an aromatic ring is 1. The predicted octanol–water partition coefficient (Wildman–Crippen LogP) is -0.0386. The Bertz CT molecular complexity index is 435. The molecule has 4 N–H and O–H groups in total. The molecule has 1 aromatic rings. The minimum absolute atomic E-state index is 0.282. The van der Waals surface area contributed by atoms with Crippen LogP contribution in [0.3, 0.4) is 0 Å². The number of fused-ring (bicyclic) bond motifs is 1. The summed E-state index contributed by atoms with van der Waals surface area (Å²) in [5.41, 5.74) is 7.75. The second kappa shape index (κ2) is 2.50. The third-order valence-corrected chi connectivity index (χ3v) is 2.32. The van der Waals surface area contributed by atoms with Crippen LogP contribution in [0, 0.1) is 0 Å². The molecule has 0 atom stereocenters. The Labute approximate surface area is 80.5 Å². The molecule has 1 saturated heterocycles. The van der Waals surface area contributed by atoms with E-state index in [1.165, 1.54) is 5.70 Å². The Hall–Kier alpha value is -1.98. The highest BCUT2D eigenvalue weighted by atomic mass is 15.4. The number of rotatable bonds is 0. The molecule has 0 saturated carbocycles. The van der Waals surface area contributed by atoms with Crippen LogP contribution in [0.4, 0.5) is 11.9 Å². The Morgan fingerprint density at radius 3 is 3.07 bits per heavy atom. The Kier molecular flexibility index (Phi) is 1.33. The topological polar surface area (TPSA) is 80.8 Å². The summed E-state index contributed by atoms with van der Waals surface area (Å²) >= 11 is 0. The molecule has 3 rings (SSSR count). The molecule has 6 nitrogen and oxygen atoms in total.